The minimum absolute atomic E-state index is 0.0890. The zero-order valence-electron chi connectivity index (χ0n) is 15.2. The van der Waals surface area contributed by atoms with Gasteiger partial charge in [0.05, 0.1) is 23.0 Å². The topological polar surface area (TPSA) is 185 Å². The number of thiophene rings is 1. The molecule has 2 aliphatic rings. The van der Waals surface area contributed by atoms with Crippen LogP contribution in [0.15, 0.2) is 28.8 Å². The largest absolute Gasteiger partial charge is 0.477 e. The van der Waals surface area contributed by atoms with E-state index in [-0.39, 0.29) is 24.2 Å². The molecule has 0 saturated carbocycles. The number of ether oxygens (including phenoxy) is 1. The fourth-order valence-corrected chi connectivity index (χ4v) is 5.77. The predicted octanol–water partition coefficient (Wildman–Crippen LogP) is -1.79. The fraction of sp³-hybridized carbons (Fsp3) is 0.312. The third-order valence-electron chi connectivity index (χ3n) is 4.43. The van der Waals surface area contributed by atoms with E-state index in [9.17, 15) is 33.3 Å². The Labute approximate surface area is 175 Å². The highest BCUT2D eigenvalue weighted by atomic mass is 32.2. The number of fused-ring (bicyclic) bond motifs is 1. The molecule has 3 atom stereocenters. The number of primary amides is 1. The number of nitrogens with two attached hydrogens (primary N) is 1. The van der Waals surface area contributed by atoms with Crippen molar-refractivity contribution in [2.24, 2.45) is 5.73 Å². The highest BCUT2D eigenvalue weighted by Gasteiger charge is 2.68. The monoisotopic (exact) mass is 456 g/mol. The first kappa shape index (κ1) is 21.4. The van der Waals surface area contributed by atoms with E-state index in [1.54, 1.807) is 17.5 Å². The van der Waals surface area contributed by atoms with Crippen molar-refractivity contribution in [1.29, 1.82) is 0 Å². The molecule has 12 nitrogen and oxygen atoms in total. The zero-order valence-corrected chi connectivity index (χ0v) is 16.8. The summed E-state index contributed by atoms with van der Waals surface area (Å²) >= 11 is 1.31. The van der Waals surface area contributed by atoms with Crippen molar-refractivity contribution in [3.63, 3.8) is 0 Å². The lowest BCUT2D eigenvalue weighted by atomic mass is 9.94. The molecule has 160 valence electrons. The first-order chi connectivity index (χ1) is 14.2. The van der Waals surface area contributed by atoms with Gasteiger partial charge in [-0.15, -0.1) is 11.3 Å². The van der Waals surface area contributed by atoms with Gasteiger partial charge in [0.2, 0.25) is 18.0 Å². The molecule has 1 aromatic heterocycles. The van der Waals surface area contributed by atoms with Crippen LogP contribution in [0.2, 0.25) is 0 Å². The molecule has 1 unspecified atom stereocenters. The molecule has 3 heterocycles. The zero-order chi connectivity index (χ0) is 22.1. The molecule has 4 amide bonds. The van der Waals surface area contributed by atoms with Crippen LogP contribution in [-0.4, -0.2) is 67.9 Å². The average Bonchev–Trinajstić information content (AvgIpc) is 3.17. The van der Waals surface area contributed by atoms with E-state index in [4.69, 9.17) is 5.73 Å². The van der Waals surface area contributed by atoms with Crippen LogP contribution in [0.3, 0.4) is 0 Å². The molecule has 1 aromatic rings. The van der Waals surface area contributed by atoms with E-state index in [0.29, 0.717) is 9.78 Å². The van der Waals surface area contributed by atoms with Crippen molar-refractivity contribution in [3.8, 4) is 0 Å². The number of amides is 4. The minimum Gasteiger partial charge on any atom is -0.477 e. The number of carbonyl (C=O) groups excluding carboxylic acids is 4. The fourth-order valence-electron chi connectivity index (χ4n) is 3.29. The van der Waals surface area contributed by atoms with E-state index < -0.39 is 58.0 Å². The smallest absolute Gasteiger partial charge is 0.404 e. The van der Waals surface area contributed by atoms with Gasteiger partial charge in [-0.2, -0.15) is 0 Å². The Bertz CT molecular complexity index is 976. The molecule has 3 rings (SSSR count). The normalized spacial score (nSPS) is 25.1. The van der Waals surface area contributed by atoms with Crippen LogP contribution in [0, 0.1) is 0 Å². The number of β-lactam (4-membered cyclic amide) rings is 1. The van der Waals surface area contributed by atoms with E-state index >= 15 is 0 Å². The Balaban J connectivity index is 1.92. The van der Waals surface area contributed by atoms with Crippen LogP contribution in [-0.2, 0) is 41.1 Å². The number of nitrogens with one attached hydrogen (secondary N) is 2. The minimum atomic E-state index is -2.06. The second-order valence-corrected chi connectivity index (χ2v) is 8.82. The standard InChI is InChI=1S/C16H16N4O8S2/c17-15(26)28-5-8-6-30(27)14-16(18-7-21,13(25)20(14)11(8)12(23)24)19-10(22)4-9-2-1-3-29-9/h1-3,7,14H,4-6H2,(H2,17,26)(H,18,21)(H,19,22)(H,23,24)/t14-,16-,30?/m1/s1. The highest BCUT2D eigenvalue weighted by molar-refractivity contribution is 7.86. The summed E-state index contributed by atoms with van der Waals surface area (Å²) in [7, 11) is -1.94. The first-order valence-corrected chi connectivity index (χ1v) is 10.6. The van der Waals surface area contributed by atoms with Gasteiger partial charge >= 0.3 is 12.1 Å². The lowest BCUT2D eigenvalue weighted by Gasteiger charge is -2.56. The van der Waals surface area contributed by atoms with Crippen LogP contribution in [0.4, 0.5) is 4.79 Å². The van der Waals surface area contributed by atoms with Crippen LogP contribution in [0.1, 0.15) is 4.88 Å². The molecular weight excluding hydrogens is 440 g/mol. The number of hydrogen-bond acceptors (Lipinski definition) is 8. The van der Waals surface area contributed by atoms with Crippen LogP contribution < -0.4 is 16.4 Å². The Hall–Kier alpha value is -3.26. The highest BCUT2D eigenvalue weighted by Crippen LogP contribution is 2.40. The summed E-state index contributed by atoms with van der Waals surface area (Å²) in [6.07, 6.45) is -1.10. The van der Waals surface area contributed by atoms with Gasteiger partial charge in [-0.25, -0.2) is 9.59 Å². The third kappa shape index (κ3) is 3.66. The van der Waals surface area contributed by atoms with E-state index in [0.717, 1.165) is 0 Å². The Morgan fingerprint density at radius 3 is 2.77 bits per heavy atom. The summed E-state index contributed by atoms with van der Waals surface area (Å²) in [5.74, 6) is -3.51. The molecule has 5 N–H and O–H groups in total. The van der Waals surface area contributed by atoms with Gasteiger partial charge < -0.3 is 26.2 Å². The lowest BCUT2D eigenvalue weighted by molar-refractivity contribution is -0.163. The van der Waals surface area contributed by atoms with Crippen molar-refractivity contribution in [2.75, 3.05) is 12.4 Å². The molecule has 0 aromatic carbocycles. The maximum atomic E-state index is 12.9. The summed E-state index contributed by atoms with van der Waals surface area (Å²) < 4.78 is 17.4. The van der Waals surface area contributed by atoms with Gasteiger partial charge in [0, 0.05) is 10.5 Å². The maximum Gasteiger partial charge on any atom is 0.404 e. The van der Waals surface area contributed by atoms with Gasteiger partial charge in [0.25, 0.3) is 5.91 Å². The van der Waals surface area contributed by atoms with Crippen LogP contribution in [0.5, 0.6) is 0 Å². The maximum absolute atomic E-state index is 12.9. The van der Waals surface area contributed by atoms with Crippen molar-refractivity contribution in [2.45, 2.75) is 17.5 Å². The molecule has 1 saturated heterocycles. The summed E-state index contributed by atoms with van der Waals surface area (Å²) in [6, 6.07) is 3.44. The molecule has 2 aliphatic heterocycles. The number of carboxylic acid groups (broad SMARTS) is 1. The third-order valence-corrected chi connectivity index (χ3v) is 7.00. The molecule has 14 heteroatoms. The molecule has 0 bridgehead atoms. The van der Waals surface area contributed by atoms with Crippen molar-refractivity contribution >= 4 is 52.4 Å². The Kier molecular flexibility index (Phi) is 5.89. The summed E-state index contributed by atoms with van der Waals surface area (Å²) in [5.41, 5.74) is 2.19. The molecule has 1 fully saturated rings. The Morgan fingerprint density at radius 1 is 1.47 bits per heavy atom. The second-order valence-electron chi connectivity index (χ2n) is 6.29. The lowest BCUT2D eigenvalue weighted by Crippen LogP contribution is -2.87. The number of carbonyl (C=O) groups is 5. The summed E-state index contributed by atoms with van der Waals surface area (Å²) in [6.45, 7) is -0.571. The SMILES string of the molecule is NC(=O)OCC1=C(C(=O)O)N2C(=O)[C@@](NC=O)(NC(=O)Cc3cccs3)[C@H]2S(=O)C1. The van der Waals surface area contributed by atoms with Gasteiger partial charge in [0.15, 0.2) is 5.37 Å². The van der Waals surface area contributed by atoms with Crippen molar-refractivity contribution < 1.29 is 38.0 Å². The molecule has 0 spiro atoms. The summed E-state index contributed by atoms with van der Waals surface area (Å²) in [5, 5.41) is 14.5. The number of nitrogens with zero attached hydrogens (tertiary/aromatic N) is 1. The summed E-state index contributed by atoms with van der Waals surface area (Å²) in [4.78, 5) is 60.5. The van der Waals surface area contributed by atoms with Crippen molar-refractivity contribution in [1.82, 2.24) is 15.5 Å². The van der Waals surface area contributed by atoms with Gasteiger partial charge in [-0.05, 0) is 11.4 Å². The Morgan fingerprint density at radius 2 is 2.20 bits per heavy atom. The van der Waals surface area contributed by atoms with Gasteiger partial charge in [0.1, 0.15) is 12.3 Å². The van der Waals surface area contributed by atoms with Gasteiger partial charge in [-0.3, -0.25) is 23.5 Å². The second kappa shape index (κ2) is 8.23. The predicted molar refractivity (Wildman–Crippen MR) is 102 cm³/mol. The quantitative estimate of drug-likeness (QED) is 0.201. The van der Waals surface area contributed by atoms with E-state index in [1.165, 1.54) is 11.3 Å². The van der Waals surface area contributed by atoms with Crippen molar-refractivity contribution in [3.05, 3.63) is 33.7 Å². The van der Waals surface area contributed by atoms with Gasteiger partial charge in [-0.1, -0.05) is 6.07 Å². The number of rotatable bonds is 8. The number of hydrogen-bond donors (Lipinski definition) is 4. The first-order valence-electron chi connectivity index (χ1n) is 8.34. The van der Waals surface area contributed by atoms with Crippen LogP contribution in [0.25, 0.3) is 0 Å². The van der Waals surface area contributed by atoms with E-state index in [1.807, 2.05) is 0 Å². The molecule has 30 heavy (non-hydrogen) atoms. The van der Waals surface area contributed by atoms with Crippen LogP contribution >= 0.6 is 11.3 Å². The number of aliphatic carboxylic acids is 1. The number of carboxylic acids is 1. The average molecular weight is 456 g/mol. The molecule has 0 aliphatic carbocycles. The van der Waals surface area contributed by atoms with E-state index in [2.05, 4.69) is 15.4 Å². The molecule has 0 radical (unpaired) electrons. The molecular formula is C16H16N4O8S2.